The fourth-order valence-corrected chi connectivity index (χ4v) is 2.91. The average molecular weight is 274 g/mol. The Morgan fingerprint density at radius 2 is 2.05 bits per heavy atom. The number of anilines is 2. The Morgan fingerprint density at radius 3 is 2.80 bits per heavy atom. The summed E-state index contributed by atoms with van der Waals surface area (Å²) in [6.07, 6.45) is 8.07. The van der Waals surface area contributed by atoms with Gasteiger partial charge in [0.15, 0.2) is 5.65 Å². The van der Waals surface area contributed by atoms with E-state index in [0.717, 1.165) is 23.4 Å². The molecular formula is C14H22N6. The standard InChI is InChI=1S/C14H22N6/c1-3-15-13-17-11(10-9-16-20-12(10)18-13)19-14(2)7-5-4-6-8-14/h9H,3-8H2,1-2H3,(H3,15,16,17,18,19,20). The third-order valence-electron chi connectivity index (χ3n) is 4.02. The molecule has 1 saturated carbocycles. The van der Waals surface area contributed by atoms with Gasteiger partial charge in [-0.25, -0.2) is 0 Å². The Labute approximate surface area is 118 Å². The van der Waals surface area contributed by atoms with Crippen molar-refractivity contribution in [2.24, 2.45) is 0 Å². The van der Waals surface area contributed by atoms with Crippen LogP contribution in [0.3, 0.4) is 0 Å². The summed E-state index contributed by atoms with van der Waals surface area (Å²) < 4.78 is 0. The highest BCUT2D eigenvalue weighted by atomic mass is 15.2. The van der Waals surface area contributed by atoms with Crippen molar-refractivity contribution in [3.63, 3.8) is 0 Å². The van der Waals surface area contributed by atoms with Gasteiger partial charge in [-0.15, -0.1) is 0 Å². The summed E-state index contributed by atoms with van der Waals surface area (Å²) in [4.78, 5) is 9.03. The van der Waals surface area contributed by atoms with Gasteiger partial charge >= 0.3 is 0 Å². The number of nitrogens with one attached hydrogen (secondary N) is 3. The molecule has 6 heteroatoms. The second-order valence-electron chi connectivity index (χ2n) is 5.80. The zero-order valence-corrected chi connectivity index (χ0v) is 12.2. The van der Waals surface area contributed by atoms with Crippen molar-refractivity contribution in [2.45, 2.75) is 51.5 Å². The summed E-state index contributed by atoms with van der Waals surface area (Å²) in [5, 5.41) is 14.8. The minimum atomic E-state index is 0.125. The molecule has 0 spiro atoms. The molecule has 0 aliphatic heterocycles. The molecule has 1 aliphatic rings. The first-order valence-corrected chi connectivity index (χ1v) is 7.43. The molecule has 1 aliphatic carbocycles. The monoisotopic (exact) mass is 274 g/mol. The van der Waals surface area contributed by atoms with Gasteiger partial charge in [0.25, 0.3) is 0 Å². The highest BCUT2D eigenvalue weighted by molar-refractivity contribution is 5.87. The van der Waals surface area contributed by atoms with Crippen molar-refractivity contribution in [2.75, 3.05) is 17.2 Å². The van der Waals surface area contributed by atoms with Gasteiger partial charge in [0.05, 0.1) is 11.6 Å². The van der Waals surface area contributed by atoms with Gasteiger partial charge in [0.1, 0.15) is 5.82 Å². The normalized spacial score (nSPS) is 18.1. The van der Waals surface area contributed by atoms with E-state index in [0.29, 0.717) is 5.95 Å². The lowest BCUT2D eigenvalue weighted by molar-refractivity contribution is 0.349. The summed E-state index contributed by atoms with van der Waals surface area (Å²) in [6.45, 7) is 5.12. The quantitative estimate of drug-likeness (QED) is 0.799. The molecule has 3 N–H and O–H groups in total. The number of H-pyrrole nitrogens is 1. The van der Waals surface area contributed by atoms with Gasteiger partial charge in [0.2, 0.25) is 5.95 Å². The fraction of sp³-hybridized carbons (Fsp3) is 0.643. The van der Waals surface area contributed by atoms with E-state index in [-0.39, 0.29) is 5.54 Å². The molecule has 0 unspecified atom stereocenters. The SMILES string of the molecule is CCNc1nc(NC2(C)CCCCC2)c2cn[nH]c2n1. The molecular weight excluding hydrogens is 252 g/mol. The van der Waals surface area contributed by atoms with Gasteiger partial charge in [-0.3, -0.25) is 5.10 Å². The molecule has 0 aromatic carbocycles. The third-order valence-corrected chi connectivity index (χ3v) is 4.02. The Morgan fingerprint density at radius 1 is 1.25 bits per heavy atom. The molecule has 2 heterocycles. The summed E-state index contributed by atoms with van der Waals surface area (Å²) >= 11 is 0. The summed E-state index contributed by atoms with van der Waals surface area (Å²) in [7, 11) is 0. The number of nitrogens with zero attached hydrogens (tertiary/aromatic N) is 3. The first-order valence-electron chi connectivity index (χ1n) is 7.43. The van der Waals surface area contributed by atoms with Crippen LogP contribution in [0.15, 0.2) is 6.20 Å². The number of aromatic amines is 1. The lowest BCUT2D eigenvalue weighted by Crippen LogP contribution is -2.37. The van der Waals surface area contributed by atoms with Crippen LogP contribution in [0.1, 0.15) is 46.0 Å². The molecule has 3 rings (SSSR count). The molecule has 6 nitrogen and oxygen atoms in total. The Balaban J connectivity index is 1.94. The van der Waals surface area contributed by atoms with Gasteiger partial charge < -0.3 is 10.6 Å². The maximum absolute atomic E-state index is 4.61. The maximum atomic E-state index is 4.61. The molecule has 0 radical (unpaired) electrons. The summed E-state index contributed by atoms with van der Waals surface area (Å²) in [5.74, 6) is 1.52. The highest BCUT2D eigenvalue weighted by Crippen LogP contribution is 2.32. The average Bonchev–Trinajstić information content (AvgIpc) is 2.88. The lowest BCUT2D eigenvalue weighted by atomic mass is 9.83. The van der Waals surface area contributed by atoms with Gasteiger partial charge in [-0.05, 0) is 26.7 Å². The van der Waals surface area contributed by atoms with Crippen LogP contribution in [0.25, 0.3) is 11.0 Å². The predicted molar refractivity (Wildman–Crippen MR) is 81.0 cm³/mol. The van der Waals surface area contributed by atoms with E-state index >= 15 is 0 Å². The molecule has 0 bridgehead atoms. The number of hydrogen-bond donors (Lipinski definition) is 3. The zero-order chi connectivity index (χ0) is 14.0. The van der Waals surface area contributed by atoms with Crippen molar-refractivity contribution in [3.05, 3.63) is 6.20 Å². The summed E-state index contributed by atoms with van der Waals surface area (Å²) in [5.41, 5.74) is 0.901. The van der Waals surface area contributed by atoms with Crippen LogP contribution in [-0.2, 0) is 0 Å². The van der Waals surface area contributed by atoms with Gasteiger partial charge in [-0.2, -0.15) is 15.1 Å². The van der Waals surface area contributed by atoms with E-state index in [1.807, 2.05) is 6.92 Å². The molecule has 0 saturated heterocycles. The lowest BCUT2D eigenvalue weighted by Gasteiger charge is -2.35. The van der Waals surface area contributed by atoms with E-state index in [4.69, 9.17) is 0 Å². The van der Waals surface area contributed by atoms with E-state index in [1.165, 1.54) is 32.1 Å². The van der Waals surface area contributed by atoms with E-state index in [9.17, 15) is 0 Å². The molecule has 20 heavy (non-hydrogen) atoms. The molecule has 1 fully saturated rings. The zero-order valence-electron chi connectivity index (χ0n) is 12.2. The van der Waals surface area contributed by atoms with Gasteiger partial charge in [0, 0.05) is 12.1 Å². The number of aromatic nitrogens is 4. The minimum Gasteiger partial charge on any atom is -0.364 e. The smallest absolute Gasteiger partial charge is 0.226 e. The van der Waals surface area contributed by atoms with Crippen LogP contribution < -0.4 is 10.6 Å². The molecule has 2 aromatic rings. The van der Waals surface area contributed by atoms with Crippen molar-refractivity contribution in [3.8, 4) is 0 Å². The largest absolute Gasteiger partial charge is 0.364 e. The van der Waals surface area contributed by atoms with E-state index < -0.39 is 0 Å². The Bertz CT molecular complexity index is 584. The van der Waals surface area contributed by atoms with Crippen LogP contribution in [0, 0.1) is 0 Å². The maximum Gasteiger partial charge on any atom is 0.226 e. The third kappa shape index (κ3) is 2.55. The second kappa shape index (κ2) is 5.26. The Hall–Kier alpha value is -1.85. The first-order chi connectivity index (χ1) is 9.70. The topological polar surface area (TPSA) is 78.5 Å². The first kappa shape index (κ1) is 13.1. The van der Waals surface area contributed by atoms with Crippen LogP contribution >= 0.6 is 0 Å². The fourth-order valence-electron chi connectivity index (χ4n) is 2.91. The van der Waals surface area contributed by atoms with Crippen LogP contribution in [0.4, 0.5) is 11.8 Å². The number of rotatable bonds is 4. The number of fused-ring (bicyclic) bond motifs is 1. The van der Waals surface area contributed by atoms with Crippen molar-refractivity contribution in [1.82, 2.24) is 20.2 Å². The molecule has 0 atom stereocenters. The van der Waals surface area contributed by atoms with Crippen molar-refractivity contribution in [1.29, 1.82) is 0 Å². The molecule has 2 aromatic heterocycles. The molecule has 0 amide bonds. The van der Waals surface area contributed by atoms with Crippen LogP contribution in [0.5, 0.6) is 0 Å². The predicted octanol–water partition coefficient (Wildman–Crippen LogP) is 2.92. The minimum absolute atomic E-state index is 0.125. The van der Waals surface area contributed by atoms with E-state index in [2.05, 4.69) is 37.7 Å². The summed E-state index contributed by atoms with van der Waals surface area (Å²) in [6, 6.07) is 0. The van der Waals surface area contributed by atoms with Crippen LogP contribution in [0.2, 0.25) is 0 Å². The van der Waals surface area contributed by atoms with Crippen LogP contribution in [-0.4, -0.2) is 32.2 Å². The van der Waals surface area contributed by atoms with Crippen molar-refractivity contribution < 1.29 is 0 Å². The van der Waals surface area contributed by atoms with Gasteiger partial charge in [-0.1, -0.05) is 19.3 Å². The van der Waals surface area contributed by atoms with Crippen molar-refractivity contribution >= 4 is 22.8 Å². The highest BCUT2D eigenvalue weighted by Gasteiger charge is 2.27. The van der Waals surface area contributed by atoms with E-state index in [1.54, 1.807) is 6.20 Å². The second-order valence-corrected chi connectivity index (χ2v) is 5.80. The Kier molecular flexibility index (Phi) is 3.46. The molecule has 108 valence electrons. The number of hydrogen-bond acceptors (Lipinski definition) is 5.